The molecular weight excluding hydrogens is 1190 g/mol. The van der Waals surface area contributed by atoms with Crippen molar-refractivity contribution in [3.05, 3.63) is 141 Å². The lowest BCUT2D eigenvalue weighted by molar-refractivity contribution is 0.0748. The molecule has 572 valence electrons. The first-order valence-corrected chi connectivity index (χ1v) is 40.4. The molecule has 4 rings (SSSR count). The van der Waals surface area contributed by atoms with Crippen LogP contribution >= 0.6 is 0 Å². The number of hydrogen-bond acceptors (Lipinski definition) is 0. The second-order valence-electron chi connectivity index (χ2n) is 43.7. The fourth-order valence-corrected chi connectivity index (χ4v) is 12.1. The van der Waals surface area contributed by atoms with Crippen LogP contribution in [-0.4, -0.2) is 0 Å². The Morgan fingerprint density at radius 1 is 0.182 bits per heavy atom. The van der Waals surface area contributed by atoms with Gasteiger partial charge in [0.25, 0.3) is 0 Å². The van der Waals surface area contributed by atoms with Crippen molar-refractivity contribution < 1.29 is 0 Å². The average Bonchev–Trinajstić information content (AvgIpc) is 0.782. The summed E-state index contributed by atoms with van der Waals surface area (Å²) in [4.78, 5) is 0. The molecule has 0 spiro atoms. The summed E-state index contributed by atoms with van der Waals surface area (Å²) < 4.78 is 0. The molecule has 4 aromatic carbocycles. The van der Waals surface area contributed by atoms with Gasteiger partial charge in [0.2, 0.25) is 0 Å². The Bertz CT molecular complexity index is 2770. The minimum Gasteiger partial charge on any atom is -0.0623 e. The predicted molar refractivity (Wildman–Crippen MR) is 455 cm³/mol. The summed E-state index contributed by atoms with van der Waals surface area (Å²) in [6.45, 7) is 115. The quantitative estimate of drug-likeness (QED) is 0.0656. The second kappa shape index (κ2) is 35.3. The molecule has 0 aromatic heterocycles. The predicted octanol–water partition coefficient (Wildman–Crippen LogP) is 31.6. The molecule has 0 saturated heterocycles. The van der Waals surface area contributed by atoms with Crippen molar-refractivity contribution in [1.82, 2.24) is 0 Å². The Kier molecular flexibility index (Phi) is 34.2. The van der Waals surface area contributed by atoms with E-state index in [9.17, 15) is 0 Å². The maximum Gasteiger partial charge on any atom is -0.00804 e. The Morgan fingerprint density at radius 2 is 0.333 bits per heavy atom. The molecule has 0 saturated carbocycles. The average molecular weight is 1370 g/mol. The fourth-order valence-electron chi connectivity index (χ4n) is 12.1. The third kappa shape index (κ3) is 25.6. The van der Waals surface area contributed by atoms with Gasteiger partial charge in [-0.3, -0.25) is 0 Å². The molecule has 0 radical (unpaired) electrons. The zero-order valence-electron chi connectivity index (χ0n) is 76.3. The van der Waals surface area contributed by atoms with Gasteiger partial charge in [0.15, 0.2) is 0 Å². The summed E-state index contributed by atoms with van der Waals surface area (Å²) in [5.74, 6) is 7.20. The Hall–Kier alpha value is -3.12. The third-order valence-corrected chi connectivity index (χ3v) is 29.2. The number of hydrogen-bond donors (Lipinski definition) is 0. The van der Waals surface area contributed by atoms with Gasteiger partial charge < -0.3 is 0 Å². The lowest BCUT2D eigenvalue weighted by Crippen LogP contribution is -2.33. The van der Waals surface area contributed by atoms with E-state index in [0.29, 0.717) is 69.5 Å². The van der Waals surface area contributed by atoms with Crippen LogP contribution in [0.4, 0.5) is 0 Å². The number of rotatable bonds is 24. The molecule has 0 aliphatic carbocycles. The molecule has 99 heavy (non-hydrogen) atoms. The zero-order valence-corrected chi connectivity index (χ0v) is 76.3. The van der Waals surface area contributed by atoms with E-state index in [1.165, 1.54) is 68.5 Å². The van der Waals surface area contributed by atoms with E-state index in [1.807, 2.05) is 0 Å². The van der Waals surface area contributed by atoms with Gasteiger partial charge in [0.1, 0.15) is 0 Å². The van der Waals surface area contributed by atoms with Crippen molar-refractivity contribution in [2.45, 2.75) is 406 Å². The molecule has 0 N–H and O–H groups in total. The van der Waals surface area contributed by atoms with Gasteiger partial charge in [0, 0.05) is 0 Å². The molecule has 0 atom stereocenters. The van der Waals surface area contributed by atoms with Gasteiger partial charge in [-0.2, -0.15) is 0 Å². The Morgan fingerprint density at radius 3 is 0.495 bits per heavy atom. The van der Waals surface area contributed by atoms with Crippen LogP contribution in [0.1, 0.15) is 408 Å². The minimum atomic E-state index is 0.185. The smallest absolute Gasteiger partial charge is 0.00804 e. The topological polar surface area (TPSA) is 0 Å². The summed E-state index contributed by atoms with van der Waals surface area (Å²) in [6.07, 6.45) is 2.63. The molecule has 4 aromatic rings. The first-order valence-electron chi connectivity index (χ1n) is 40.4. The van der Waals surface area contributed by atoms with Crippen LogP contribution in [-0.2, 0) is 54.1 Å². The third-order valence-electron chi connectivity index (χ3n) is 29.2. The highest BCUT2D eigenvalue weighted by Crippen LogP contribution is 2.48. The van der Waals surface area contributed by atoms with Crippen molar-refractivity contribution in [3.8, 4) is 0 Å². The maximum absolute atomic E-state index is 2.49. The van der Waals surface area contributed by atoms with E-state index >= 15 is 0 Å². The van der Waals surface area contributed by atoms with Crippen molar-refractivity contribution in [2.24, 2.45) is 81.3 Å². The van der Waals surface area contributed by atoms with Gasteiger partial charge in [-0.1, -0.05) is 424 Å². The van der Waals surface area contributed by atoms with Gasteiger partial charge in [0.05, 0.1) is 0 Å². The van der Waals surface area contributed by atoms with Crippen LogP contribution in [0.15, 0.2) is 84.9 Å². The van der Waals surface area contributed by atoms with Crippen LogP contribution in [0.5, 0.6) is 0 Å². The van der Waals surface area contributed by atoms with E-state index in [1.54, 1.807) is 0 Å². The lowest BCUT2D eigenvalue weighted by atomic mass is 9.62. The van der Waals surface area contributed by atoms with Crippen LogP contribution < -0.4 is 0 Å². The van der Waals surface area contributed by atoms with Crippen LogP contribution in [0.25, 0.3) is 0 Å². The summed E-state index contributed by atoms with van der Waals surface area (Å²) >= 11 is 0. The molecule has 0 fully saturated rings. The van der Waals surface area contributed by atoms with E-state index < -0.39 is 0 Å². The van der Waals surface area contributed by atoms with Crippen LogP contribution in [0, 0.1) is 81.3 Å². The van der Waals surface area contributed by atoms with Crippen LogP contribution in [0.2, 0.25) is 0 Å². The largest absolute Gasteiger partial charge is 0.0623 e. The summed E-state index contributed by atoms with van der Waals surface area (Å²) in [6, 6.07) is 33.3. The maximum atomic E-state index is 2.49. The van der Waals surface area contributed by atoms with Gasteiger partial charge >= 0.3 is 0 Å². The first kappa shape index (κ1) is 95.9. The van der Waals surface area contributed by atoms with E-state index in [4.69, 9.17) is 0 Å². The fraction of sp³-hybridized carbons (Fsp3) is 0.758. The van der Waals surface area contributed by atoms with E-state index in [2.05, 4.69) is 424 Å². The highest BCUT2D eigenvalue weighted by atomic mass is 14.4. The Labute approximate surface area is 624 Å². The monoisotopic (exact) mass is 1370 g/mol. The lowest BCUT2D eigenvalue weighted by Gasteiger charge is -2.43. The summed E-state index contributed by atoms with van der Waals surface area (Å²) in [7, 11) is 0. The molecular formula is C99H176. The second-order valence-corrected chi connectivity index (χ2v) is 43.7. The summed E-state index contributed by atoms with van der Waals surface area (Å²) in [5, 5.41) is 0. The van der Waals surface area contributed by atoms with E-state index in [0.717, 1.165) is 11.8 Å². The molecule has 0 nitrogen and oxygen atoms in total. The van der Waals surface area contributed by atoms with Gasteiger partial charge in [-0.15, -0.1) is 0 Å². The van der Waals surface area contributed by atoms with Crippen molar-refractivity contribution in [2.75, 3.05) is 0 Å². The minimum absolute atomic E-state index is 0.185. The molecule has 0 amide bonds. The highest BCUT2D eigenvalue weighted by Gasteiger charge is 2.39. The van der Waals surface area contributed by atoms with E-state index in [-0.39, 0.29) is 54.1 Å². The Balaban J connectivity index is 0.00000122. The van der Waals surface area contributed by atoms with Gasteiger partial charge in [-0.05, 0) is 204 Å². The standard InChI is InChI=1S/C24H42.C22H38.2C18H30.C17H36/c1-16(2)22(7,8)19-13-20(23(9,10)17(3)4)15-21(14-19)24(11,12)18(5)6;1-15(2)21(8,9)18-12-17(20(5,6)7)13-19(14-18)22(10,11)16(3)4;1-13(2)17(5,6)15-9-11-16(12-10-15)18(7,8)14(3)4;1-13(2)17(5,6)15-10-9-11-16(12-15)18(7,8)14(3)4;1-13(2)16(7,8)11-15(5,6)12-17(9,10)14(3)4/h13-18H,1-12H3;12-16H,1-11H3;2*9-14H,1-8H3;13-14H,11-12H2,1-10H3. The normalized spacial score (nSPS) is 14.0. The summed E-state index contributed by atoms with van der Waals surface area (Å²) in [5.41, 5.74) is 18.2. The SMILES string of the molecule is CC(C)C(C)(C)CC(C)(C)CC(C)(C)C(C)C.CC(C)C(C)(C)c1cc(C(C)(C)C(C)C)cc(C(C)(C)C(C)C)c1.CC(C)C(C)(C)c1cc(C(C)(C)C)cc(C(C)(C)C(C)C)c1.CC(C)C(C)(C)c1ccc(C(C)(C)C(C)C)cc1.CC(C)C(C)(C)c1cccc(C(C)(C)C(C)C)c1. The molecule has 0 bridgehead atoms. The van der Waals surface area contributed by atoms with Gasteiger partial charge in [-0.25, -0.2) is 0 Å². The van der Waals surface area contributed by atoms with Crippen molar-refractivity contribution in [1.29, 1.82) is 0 Å². The zero-order chi connectivity index (χ0) is 78.9. The van der Waals surface area contributed by atoms with Crippen molar-refractivity contribution >= 4 is 0 Å². The molecule has 0 heteroatoms. The first-order chi connectivity index (χ1) is 43.8. The molecule has 0 heterocycles. The molecule has 0 unspecified atom stereocenters. The van der Waals surface area contributed by atoms with Crippen molar-refractivity contribution in [3.63, 3.8) is 0 Å². The molecule has 0 aliphatic rings. The van der Waals surface area contributed by atoms with Crippen LogP contribution in [0.3, 0.4) is 0 Å². The molecule has 0 aliphatic heterocycles. The highest BCUT2D eigenvalue weighted by molar-refractivity contribution is 5.43. The number of benzene rings is 4.